The zero-order valence-electron chi connectivity index (χ0n) is 11.5. The van der Waals surface area contributed by atoms with E-state index in [1.54, 1.807) is 17.5 Å². The van der Waals surface area contributed by atoms with Gasteiger partial charge in [-0.2, -0.15) is 0 Å². The number of pyridine rings is 1. The zero-order valence-corrected chi connectivity index (χ0v) is 13.9. The monoisotopic (exact) mass is 359 g/mol. The average Bonchev–Trinajstić information content (AvgIpc) is 2.98. The predicted octanol–water partition coefficient (Wildman–Crippen LogP) is 4.89. The van der Waals surface area contributed by atoms with Crippen LogP contribution < -0.4 is 5.32 Å². The number of aromatic nitrogens is 2. The van der Waals surface area contributed by atoms with Crippen molar-refractivity contribution in [2.75, 3.05) is 5.32 Å². The number of nitrogens with zero attached hydrogens (tertiary/aromatic N) is 2. The second kappa shape index (κ2) is 6.37. The molecule has 0 aliphatic heterocycles. The van der Waals surface area contributed by atoms with Gasteiger partial charge in [0.15, 0.2) is 0 Å². The van der Waals surface area contributed by atoms with E-state index in [9.17, 15) is 0 Å². The van der Waals surface area contributed by atoms with Crippen LogP contribution in [0, 0.1) is 6.92 Å². The van der Waals surface area contributed by atoms with Gasteiger partial charge in [-0.15, -0.1) is 11.3 Å². The molecule has 0 atom stereocenters. The fraction of sp³-hybridized carbons (Fsp3) is 0.125. The second-order valence-electron chi connectivity index (χ2n) is 4.67. The molecule has 1 N–H and O–H groups in total. The predicted molar refractivity (Wildman–Crippen MR) is 91.6 cm³/mol. The minimum Gasteiger partial charge on any atom is -0.379 e. The van der Waals surface area contributed by atoms with E-state index in [0.29, 0.717) is 6.54 Å². The Bertz CT molecular complexity index is 740. The van der Waals surface area contributed by atoms with E-state index in [1.165, 1.54) is 5.56 Å². The lowest BCUT2D eigenvalue weighted by Crippen LogP contribution is -2.01. The van der Waals surface area contributed by atoms with Crippen LogP contribution in [0.25, 0.3) is 10.7 Å². The van der Waals surface area contributed by atoms with Gasteiger partial charge in [0.05, 0.1) is 17.9 Å². The number of hydrogen-bond acceptors (Lipinski definition) is 4. The highest BCUT2D eigenvalue weighted by Gasteiger charge is 2.06. The highest BCUT2D eigenvalue weighted by Crippen LogP contribution is 2.24. The molecule has 0 bridgehead atoms. The first-order valence-electron chi connectivity index (χ1n) is 6.58. The van der Waals surface area contributed by atoms with Crippen molar-refractivity contribution in [1.29, 1.82) is 0 Å². The quantitative estimate of drug-likeness (QED) is 0.720. The number of anilines is 1. The van der Waals surface area contributed by atoms with Crippen LogP contribution in [-0.4, -0.2) is 9.97 Å². The topological polar surface area (TPSA) is 37.8 Å². The van der Waals surface area contributed by atoms with Crippen molar-refractivity contribution in [2.24, 2.45) is 0 Å². The molecule has 3 aromatic rings. The Kier molecular flexibility index (Phi) is 4.31. The van der Waals surface area contributed by atoms with Crippen molar-refractivity contribution in [1.82, 2.24) is 9.97 Å². The second-order valence-corrected chi connectivity index (χ2v) is 6.45. The van der Waals surface area contributed by atoms with Crippen LogP contribution in [0.4, 0.5) is 5.69 Å². The highest BCUT2D eigenvalue weighted by molar-refractivity contribution is 9.10. The van der Waals surface area contributed by atoms with Gasteiger partial charge >= 0.3 is 0 Å². The number of nitrogens with one attached hydrogen (secondary N) is 1. The van der Waals surface area contributed by atoms with Gasteiger partial charge in [-0.25, -0.2) is 4.98 Å². The maximum atomic E-state index is 4.63. The Balaban J connectivity index is 1.72. The van der Waals surface area contributed by atoms with E-state index in [0.717, 1.165) is 26.6 Å². The van der Waals surface area contributed by atoms with E-state index in [-0.39, 0.29) is 0 Å². The number of thiazole rings is 1. The summed E-state index contributed by atoms with van der Waals surface area (Å²) in [5.41, 5.74) is 4.29. The Hall–Kier alpha value is -1.72. The van der Waals surface area contributed by atoms with Gasteiger partial charge in [0.1, 0.15) is 5.01 Å². The first-order chi connectivity index (χ1) is 10.2. The van der Waals surface area contributed by atoms with E-state index in [4.69, 9.17) is 0 Å². The number of hydrogen-bond donors (Lipinski definition) is 1. The largest absolute Gasteiger partial charge is 0.379 e. The molecule has 3 rings (SSSR count). The van der Waals surface area contributed by atoms with Gasteiger partial charge < -0.3 is 5.32 Å². The molecule has 1 aromatic carbocycles. The molecule has 2 aromatic heterocycles. The number of aryl methyl sites for hydroxylation is 1. The number of rotatable bonds is 4. The molecule has 0 aliphatic carbocycles. The molecule has 0 radical (unpaired) electrons. The molecule has 0 aliphatic rings. The van der Waals surface area contributed by atoms with Crippen molar-refractivity contribution in [3.05, 3.63) is 63.7 Å². The minimum atomic E-state index is 0.709. The van der Waals surface area contributed by atoms with E-state index >= 15 is 0 Å². The standard InChI is InChI=1S/C16H14BrN3S/c1-11-5-6-12(17)8-15(11)19-9-13-10-21-16(20-13)14-4-2-3-7-18-14/h2-8,10,19H,9H2,1H3. The lowest BCUT2D eigenvalue weighted by Gasteiger charge is -2.08. The summed E-state index contributed by atoms with van der Waals surface area (Å²) in [5, 5.41) is 6.46. The van der Waals surface area contributed by atoms with Crippen LogP contribution >= 0.6 is 27.3 Å². The summed E-state index contributed by atoms with van der Waals surface area (Å²) in [4.78, 5) is 8.96. The van der Waals surface area contributed by atoms with Crippen molar-refractivity contribution >= 4 is 33.0 Å². The Morgan fingerprint density at radius 3 is 2.95 bits per heavy atom. The third kappa shape index (κ3) is 3.49. The van der Waals surface area contributed by atoms with Gasteiger partial charge in [0.25, 0.3) is 0 Å². The molecule has 0 spiro atoms. The van der Waals surface area contributed by atoms with Gasteiger partial charge in [0, 0.05) is 21.7 Å². The maximum absolute atomic E-state index is 4.63. The van der Waals surface area contributed by atoms with E-state index in [1.807, 2.05) is 24.3 Å². The molecule has 0 saturated carbocycles. The average molecular weight is 360 g/mol. The first-order valence-corrected chi connectivity index (χ1v) is 8.25. The lowest BCUT2D eigenvalue weighted by atomic mass is 10.2. The molecule has 106 valence electrons. The summed E-state index contributed by atoms with van der Waals surface area (Å²) in [5.74, 6) is 0. The molecule has 0 fully saturated rings. The lowest BCUT2D eigenvalue weighted by molar-refractivity contribution is 1.07. The van der Waals surface area contributed by atoms with Gasteiger partial charge in [-0.3, -0.25) is 4.98 Å². The zero-order chi connectivity index (χ0) is 14.7. The summed E-state index contributed by atoms with van der Waals surface area (Å²) in [6.45, 7) is 2.80. The SMILES string of the molecule is Cc1ccc(Br)cc1NCc1csc(-c2ccccn2)n1. The van der Waals surface area contributed by atoms with Crippen molar-refractivity contribution in [2.45, 2.75) is 13.5 Å². The molecular weight excluding hydrogens is 346 g/mol. The summed E-state index contributed by atoms with van der Waals surface area (Å²) >= 11 is 5.12. The third-order valence-corrected chi connectivity index (χ3v) is 4.50. The number of halogens is 1. The van der Waals surface area contributed by atoms with Crippen LogP contribution in [0.3, 0.4) is 0 Å². The van der Waals surface area contributed by atoms with Crippen LogP contribution in [0.1, 0.15) is 11.3 Å². The van der Waals surface area contributed by atoms with E-state index in [2.05, 4.69) is 55.7 Å². The fourth-order valence-electron chi connectivity index (χ4n) is 1.97. The molecule has 5 heteroatoms. The molecule has 0 saturated heterocycles. The first kappa shape index (κ1) is 14.2. The van der Waals surface area contributed by atoms with Crippen LogP contribution in [-0.2, 0) is 6.54 Å². The van der Waals surface area contributed by atoms with Crippen LogP contribution in [0.5, 0.6) is 0 Å². The smallest absolute Gasteiger partial charge is 0.142 e. The Labute approximate surface area is 136 Å². The Morgan fingerprint density at radius 1 is 1.24 bits per heavy atom. The van der Waals surface area contributed by atoms with Crippen LogP contribution in [0.15, 0.2) is 52.4 Å². The summed E-state index contributed by atoms with van der Waals surface area (Å²) in [6.07, 6.45) is 1.79. The summed E-state index contributed by atoms with van der Waals surface area (Å²) in [6, 6.07) is 12.1. The van der Waals surface area contributed by atoms with Gasteiger partial charge in [-0.05, 0) is 36.8 Å². The summed E-state index contributed by atoms with van der Waals surface area (Å²) in [7, 11) is 0. The van der Waals surface area contributed by atoms with Crippen molar-refractivity contribution in [3.8, 4) is 10.7 Å². The van der Waals surface area contributed by atoms with Crippen molar-refractivity contribution < 1.29 is 0 Å². The summed E-state index contributed by atoms with van der Waals surface area (Å²) < 4.78 is 1.07. The normalized spacial score (nSPS) is 10.6. The van der Waals surface area contributed by atoms with Gasteiger partial charge in [0.2, 0.25) is 0 Å². The molecule has 3 nitrogen and oxygen atoms in total. The van der Waals surface area contributed by atoms with Crippen LogP contribution in [0.2, 0.25) is 0 Å². The minimum absolute atomic E-state index is 0.709. The number of benzene rings is 1. The highest BCUT2D eigenvalue weighted by atomic mass is 79.9. The molecular formula is C16H14BrN3S. The Morgan fingerprint density at radius 2 is 2.14 bits per heavy atom. The molecule has 21 heavy (non-hydrogen) atoms. The van der Waals surface area contributed by atoms with Crippen molar-refractivity contribution in [3.63, 3.8) is 0 Å². The third-order valence-electron chi connectivity index (χ3n) is 3.10. The molecule has 0 amide bonds. The van der Waals surface area contributed by atoms with Gasteiger partial charge in [-0.1, -0.05) is 28.1 Å². The maximum Gasteiger partial charge on any atom is 0.142 e. The fourth-order valence-corrected chi connectivity index (χ4v) is 3.12. The molecule has 2 heterocycles. The van der Waals surface area contributed by atoms with E-state index < -0.39 is 0 Å². The molecule has 0 unspecified atom stereocenters.